The van der Waals surface area contributed by atoms with Crippen LogP contribution in [-0.4, -0.2) is 9.97 Å². The van der Waals surface area contributed by atoms with Gasteiger partial charge in [0.2, 0.25) is 5.95 Å². The molecule has 1 aromatic heterocycles. The maximum absolute atomic E-state index is 4.34. The smallest absolute Gasteiger partial charge is 0.242 e. The minimum atomic E-state index is 0.647. The number of aromatic nitrogens is 2. The van der Waals surface area contributed by atoms with Crippen molar-refractivity contribution >= 4 is 5.95 Å². The lowest BCUT2D eigenvalue weighted by Crippen LogP contribution is -2.25. The van der Waals surface area contributed by atoms with Crippen molar-refractivity contribution in [1.29, 1.82) is 0 Å². The number of aryl methyl sites for hydroxylation is 2. The van der Waals surface area contributed by atoms with E-state index in [2.05, 4.69) is 27.7 Å². The number of anilines is 1. The number of hydrogen-bond donors (Lipinski definition) is 2. The maximum atomic E-state index is 4.34. The zero-order valence-corrected chi connectivity index (χ0v) is 10.8. The first-order valence-corrected chi connectivity index (χ1v) is 6.18. The third-order valence-corrected chi connectivity index (χ3v) is 3.05. The molecule has 0 aromatic carbocycles. The third-order valence-electron chi connectivity index (χ3n) is 3.05. The molecule has 4 heteroatoms. The molecule has 92 valence electrons. The molecule has 0 saturated heterocycles. The van der Waals surface area contributed by atoms with Gasteiger partial charge in [-0.05, 0) is 52.5 Å². The van der Waals surface area contributed by atoms with E-state index >= 15 is 0 Å². The molecule has 1 aliphatic carbocycles. The highest BCUT2D eigenvalue weighted by Gasteiger charge is 2.09. The Bertz CT molecular complexity index is 417. The molecule has 0 atom stereocenters. The molecule has 2 rings (SSSR count). The van der Waals surface area contributed by atoms with Crippen LogP contribution in [0.3, 0.4) is 0 Å². The van der Waals surface area contributed by atoms with Gasteiger partial charge in [0, 0.05) is 17.1 Å². The quantitative estimate of drug-likeness (QED) is 0.787. The summed E-state index contributed by atoms with van der Waals surface area (Å²) in [5, 5.41) is 0. The average Bonchev–Trinajstić information content (AvgIpc) is 2.27. The van der Waals surface area contributed by atoms with E-state index in [0.717, 1.165) is 17.8 Å². The Morgan fingerprint density at radius 3 is 2.24 bits per heavy atom. The fourth-order valence-electron chi connectivity index (χ4n) is 2.14. The largest absolute Gasteiger partial charge is 0.303 e. The molecule has 1 aromatic rings. The van der Waals surface area contributed by atoms with E-state index in [1.54, 1.807) is 0 Å². The van der Waals surface area contributed by atoms with Gasteiger partial charge in [-0.15, -0.1) is 0 Å². The predicted octanol–water partition coefficient (Wildman–Crippen LogP) is 2.86. The van der Waals surface area contributed by atoms with Crippen molar-refractivity contribution in [3.63, 3.8) is 0 Å². The highest BCUT2D eigenvalue weighted by Crippen LogP contribution is 2.21. The number of rotatable bonds is 3. The Morgan fingerprint density at radius 1 is 0.941 bits per heavy atom. The van der Waals surface area contributed by atoms with Crippen molar-refractivity contribution in [2.24, 2.45) is 0 Å². The minimum absolute atomic E-state index is 0.647. The Hall–Kier alpha value is -1.58. The van der Waals surface area contributed by atoms with E-state index in [4.69, 9.17) is 0 Å². The average molecular weight is 232 g/mol. The first-order valence-electron chi connectivity index (χ1n) is 6.18. The van der Waals surface area contributed by atoms with E-state index in [0.29, 0.717) is 5.95 Å². The predicted molar refractivity (Wildman–Crippen MR) is 69.4 cm³/mol. The molecule has 0 unspecified atom stereocenters. The molecule has 0 spiro atoms. The summed E-state index contributed by atoms with van der Waals surface area (Å²) in [6, 6.07) is 1.97. The minimum Gasteiger partial charge on any atom is -0.303 e. The topological polar surface area (TPSA) is 49.8 Å². The molecule has 2 N–H and O–H groups in total. The van der Waals surface area contributed by atoms with E-state index in [1.165, 1.54) is 30.5 Å². The Kier molecular flexibility index (Phi) is 3.61. The molecule has 0 saturated carbocycles. The summed E-state index contributed by atoms with van der Waals surface area (Å²) in [5.74, 6) is 0.647. The summed E-state index contributed by atoms with van der Waals surface area (Å²) in [7, 11) is 0. The monoisotopic (exact) mass is 232 g/mol. The van der Waals surface area contributed by atoms with Crippen LogP contribution < -0.4 is 10.9 Å². The van der Waals surface area contributed by atoms with Gasteiger partial charge in [0.1, 0.15) is 0 Å². The maximum Gasteiger partial charge on any atom is 0.242 e. The molecule has 0 fully saturated rings. The molecule has 1 aliphatic rings. The summed E-state index contributed by atoms with van der Waals surface area (Å²) >= 11 is 0. The van der Waals surface area contributed by atoms with Gasteiger partial charge < -0.3 is 5.43 Å². The van der Waals surface area contributed by atoms with Crippen molar-refractivity contribution in [3.05, 3.63) is 28.7 Å². The number of hydrogen-bond acceptors (Lipinski definition) is 4. The number of nitrogens with zero attached hydrogens (tertiary/aromatic N) is 2. The van der Waals surface area contributed by atoms with Crippen molar-refractivity contribution < 1.29 is 0 Å². The van der Waals surface area contributed by atoms with Gasteiger partial charge in [-0.25, -0.2) is 9.97 Å². The van der Waals surface area contributed by atoms with Crippen LogP contribution in [0.2, 0.25) is 0 Å². The highest BCUT2D eigenvalue weighted by atomic mass is 15.4. The third kappa shape index (κ3) is 3.19. The number of allylic oxidation sites excluding steroid dienone is 2. The van der Waals surface area contributed by atoms with E-state index in [1.807, 2.05) is 19.9 Å². The van der Waals surface area contributed by atoms with Gasteiger partial charge in [0.15, 0.2) is 0 Å². The van der Waals surface area contributed by atoms with E-state index in [-0.39, 0.29) is 0 Å². The second-order valence-corrected chi connectivity index (χ2v) is 4.69. The van der Waals surface area contributed by atoms with Gasteiger partial charge in [-0.3, -0.25) is 5.43 Å². The second-order valence-electron chi connectivity index (χ2n) is 4.69. The lowest BCUT2D eigenvalue weighted by molar-refractivity contribution is 0.635. The lowest BCUT2D eigenvalue weighted by Gasteiger charge is -2.19. The molecular weight excluding hydrogens is 212 g/mol. The molecule has 0 amide bonds. The van der Waals surface area contributed by atoms with Crippen LogP contribution in [-0.2, 0) is 0 Å². The number of nitrogens with one attached hydrogen (secondary N) is 2. The zero-order chi connectivity index (χ0) is 12.3. The summed E-state index contributed by atoms with van der Waals surface area (Å²) in [5.41, 5.74) is 11.0. The molecule has 1 heterocycles. The summed E-state index contributed by atoms with van der Waals surface area (Å²) in [6.07, 6.45) is 4.87. The van der Waals surface area contributed by atoms with Crippen LogP contribution in [0.5, 0.6) is 0 Å². The van der Waals surface area contributed by atoms with Crippen molar-refractivity contribution in [2.45, 2.75) is 46.5 Å². The highest BCUT2D eigenvalue weighted by molar-refractivity contribution is 5.28. The van der Waals surface area contributed by atoms with E-state index in [9.17, 15) is 0 Å². The fourth-order valence-corrected chi connectivity index (χ4v) is 2.14. The lowest BCUT2D eigenvalue weighted by atomic mass is 9.98. The SMILES string of the molecule is CC1=C(NNc2nc(C)cc(C)n2)CCCC1. The van der Waals surface area contributed by atoms with E-state index < -0.39 is 0 Å². The van der Waals surface area contributed by atoms with Crippen molar-refractivity contribution in [2.75, 3.05) is 5.43 Å². The zero-order valence-electron chi connectivity index (χ0n) is 10.8. The van der Waals surface area contributed by atoms with Crippen LogP contribution >= 0.6 is 0 Å². The molecule has 4 nitrogen and oxygen atoms in total. The molecule has 0 bridgehead atoms. The first kappa shape index (κ1) is 11.9. The van der Waals surface area contributed by atoms with Gasteiger partial charge in [0.05, 0.1) is 0 Å². The standard InChI is InChI=1S/C13H20N4/c1-9-6-4-5-7-12(9)16-17-13-14-10(2)8-11(3)15-13/h8,16H,4-7H2,1-3H3,(H,14,15,17). The van der Waals surface area contributed by atoms with Gasteiger partial charge in [-0.1, -0.05) is 5.57 Å². The molecular formula is C13H20N4. The number of hydrazine groups is 1. The molecule has 17 heavy (non-hydrogen) atoms. The van der Waals surface area contributed by atoms with Gasteiger partial charge >= 0.3 is 0 Å². The summed E-state index contributed by atoms with van der Waals surface area (Å²) in [6.45, 7) is 6.14. The van der Waals surface area contributed by atoms with Crippen molar-refractivity contribution in [3.8, 4) is 0 Å². The summed E-state index contributed by atoms with van der Waals surface area (Å²) in [4.78, 5) is 8.67. The van der Waals surface area contributed by atoms with Crippen LogP contribution in [0.25, 0.3) is 0 Å². The van der Waals surface area contributed by atoms with Gasteiger partial charge in [0.25, 0.3) is 0 Å². The Balaban J connectivity index is 2.02. The normalized spacial score (nSPS) is 15.9. The van der Waals surface area contributed by atoms with Crippen molar-refractivity contribution in [1.82, 2.24) is 15.4 Å². The van der Waals surface area contributed by atoms with Crippen LogP contribution in [0.15, 0.2) is 17.3 Å². The Labute approximate surface area is 103 Å². The molecule has 0 aliphatic heterocycles. The second kappa shape index (κ2) is 5.17. The van der Waals surface area contributed by atoms with Gasteiger partial charge in [-0.2, -0.15) is 0 Å². The van der Waals surface area contributed by atoms with Crippen LogP contribution in [0.1, 0.15) is 44.0 Å². The van der Waals surface area contributed by atoms with Crippen LogP contribution in [0.4, 0.5) is 5.95 Å². The molecule has 0 radical (unpaired) electrons. The fraction of sp³-hybridized carbons (Fsp3) is 0.538. The first-order chi connectivity index (χ1) is 8.15. The Morgan fingerprint density at radius 2 is 1.59 bits per heavy atom. The summed E-state index contributed by atoms with van der Waals surface area (Å²) < 4.78 is 0. The van der Waals surface area contributed by atoms with Crippen LogP contribution in [0, 0.1) is 13.8 Å².